The van der Waals surface area contributed by atoms with Crippen LogP contribution in [0, 0.1) is 0 Å². The quantitative estimate of drug-likeness (QED) is 0.800. The first-order valence-corrected chi connectivity index (χ1v) is 6.78. The summed E-state index contributed by atoms with van der Waals surface area (Å²) in [5, 5.41) is 7.48. The second-order valence-electron chi connectivity index (χ2n) is 4.40. The number of carbonyl (C=O) groups is 1. The van der Waals surface area contributed by atoms with E-state index < -0.39 is 0 Å². The van der Waals surface area contributed by atoms with E-state index in [9.17, 15) is 4.79 Å². The number of hydrogen-bond acceptors (Lipinski definition) is 2. The van der Waals surface area contributed by atoms with E-state index in [0.29, 0.717) is 16.3 Å². The van der Waals surface area contributed by atoms with Crippen LogP contribution in [-0.4, -0.2) is 15.7 Å². The van der Waals surface area contributed by atoms with Crippen molar-refractivity contribution in [1.29, 1.82) is 0 Å². The molecular formula is C16H12ClN3O. The van der Waals surface area contributed by atoms with Gasteiger partial charge in [-0.1, -0.05) is 35.9 Å². The number of carbonyl (C=O) groups excluding carboxylic acids is 1. The van der Waals surface area contributed by atoms with Gasteiger partial charge in [-0.2, -0.15) is 5.10 Å². The number of nitrogens with zero attached hydrogens (tertiary/aromatic N) is 2. The standard InChI is InChI=1S/C16H12ClN3O/c17-13-7-2-1-6-12(13)16(21)19-14-8-3-4-9-15(14)20-11-5-10-18-20/h1-11H,(H,19,21). The van der Waals surface area contributed by atoms with Crippen LogP contribution >= 0.6 is 11.6 Å². The molecule has 2 aromatic carbocycles. The molecule has 0 saturated heterocycles. The fourth-order valence-electron chi connectivity index (χ4n) is 2.03. The van der Waals surface area contributed by atoms with Crippen molar-refractivity contribution in [3.63, 3.8) is 0 Å². The summed E-state index contributed by atoms with van der Waals surface area (Å²) in [4.78, 5) is 12.3. The highest BCUT2D eigenvalue weighted by Gasteiger charge is 2.12. The Balaban J connectivity index is 1.93. The molecule has 0 radical (unpaired) electrons. The molecule has 0 aliphatic rings. The number of amides is 1. The molecule has 0 atom stereocenters. The van der Waals surface area contributed by atoms with E-state index in [1.807, 2.05) is 36.5 Å². The van der Waals surface area contributed by atoms with Gasteiger partial charge in [0.1, 0.15) is 0 Å². The zero-order valence-corrected chi connectivity index (χ0v) is 11.8. The molecule has 0 unspecified atom stereocenters. The topological polar surface area (TPSA) is 46.9 Å². The molecule has 1 amide bonds. The van der Waals surface area contributed by atoms with Gasteiger partial charge in [0.15, 0.2) is 0 Å². The maximum Gasteiger partial charge on any atom is 0.257 e. The highest BCUT2D eigenvalue weighted by atomic mass is 35.5. The van der Waals surface area contributed by atoms with E-state index in [-0.39, 0.29) is 5.91 Å². The molecule has 0 aliphatic heterocycles. The van der Waals surface area contributed by atoms with Gasteiger partial charge in [0.2, 0.25) is 0 Å². The molecule has 0 fully saturated rings. The van der Waals surface area contributed by atoms with Crippen LogP contribution in [0.15, 0.2) is 67.0 Å². The van der Waals surface area contributed by atoms with E-state index in [1.54, 1.807) is 35.1 Å². The van der Waals surface area contributed by atoms with E-state index >= 15 is 0 Å². The minimum absolute atomic E-state index is 0.250. The minimum Gasteiger partial charge on any atom is -0.320 e. The molecule has 0 spiro atoms. The molecule has 4 nitrogen and oxygen atoms in total. The maximum absolute atomic E-state index is 12.3. The Hall–Kier alpha value is -2.59. The third-order valence-corrected chi connectivity index (χ3v) is 3.35. The van der Waals surface area contributed by atoms with Crippen LogP contribution in [0.1, 0.15) is 10.4 Å². The van der Waals surface area contributed by atoms with Gasteiger partial charge in [-0.25, -0.2) is 4.68 Å². The molecule has 3 aromatic rings. The lowest BCUT2D eigenvalue weighted by Crippen LogP contribution is -2.14. The largest absolute Gasteiger partial charge is 0.320 e. The molecule has 0 saturated carbocycles. The number of rotatable bonds is 3. The van der Waals surface area contributed by atoms with E-state index in [0.717, 1.165) is 5.69 Å². The summed E-state index contributed by atoms with van der Waals surface area (Å²) in [5.41, 5.74) is 1.91. The first-order chi connectivity index (χ1) is 10.3. The average Bonchev–Trinajstić information content (AvgIpc) is 3.02. The van der Waals surface area contributed by atoms with Gasteiger partial charge in [-0.3, -0.25) is 4.79 Å². The molecule has 104 valence electrons. The predicted octanol–water partition coefficient (Wildman–Crippen LogP) is 3.78. The van der Waals surface area contributed by atoms with Crippen LogP contribution in [0.5, 0.6) is 0 Å². The van der Waals surface area contributed by atoms with Crippen LogP contribution in [-0.2, 0) is 0 Å². The second kappa shape index (κ2) is 5.81. The number of benzene rings is 2. The lowest BCUT2D eigenvalue weighted by atomic mass is 10.2. The van der Waals surface area contributed by atoms with Gasteiger partial charge in [0, 0.05) is 12.4 Å². The van der Waals surface area contributed by atoms with Gasteiger partial charge >= 0.3 is 0 Å². The van der Waals surface area contributed by atoms with Crippen LogP contribution in [0.2, 0.25) is 5.02 Å². The first-order valence-electron chi connectivity index (χ1n) is 6.40. The summed E-state index contributed by atoms with van der Waals surface area (Å²) in [5.74, 6) is -0.250. The minimum atomic E-state index is -0.250. The summed E-state index contributed by atoms with van der Waals surface area (Å²) < 4.78 is 1.70. The summed E-state index contributed by atoms with van der Waals surface area (Å²) in [6.45, 7) is 0. The Morgan fingerprint density at radius 1 is 1.05 bits per heavy atom. The van der Waals surface area contributed by atoms with Crippen LogP contribution in [0.3, 0.4) is 0 Å². The van der Waals surface area contributed by atoms with E-state index in [4.69, 9.17) is 11.6 Å². The van der Waals surface area contributed by atoms with Gasteiger partial charge in [0.25, 0.3) is 5.91 Å². The molecule has 1 heterocycles. The monoisotopic (exact) mass is 297 g/mol. The Kier molecular flexibility index (Phi) is 3.71. The molecule has 0 aliphatic carbocycles. The molecule has 5 heteroatoms. The molecule has 3 rings (SSSR count). The number of hydrogen-bond donors (Lipinski definition) is 1. The molecule has 1 aromatic heterocycles. The fraction of sp³-hybridized carbons (Fsp3) is 0. The summed E-state index contributed by atoms with van der Waals surface area (Å²) in [7, 11) is 0. The number of halogens is 1. The highest BCUT2D eigenvalue weighted by Crippen LogP contribution is 2.21. The first kappa shape index (κ1) is 13.4. The highest BCUT2D eigenvalue weighted by molar-refractivity contribution is 6.34. The normalized spacial score (nSPS) is 10.3. The summed E-state index contributed by atoms with van der Waals surface area (Å²) >= 11 is 6.05. The third kappa shape index (κ3) is 2.80. The Bertz CT molecular complexity index is 769. The number of aromatic nitrogens is 2. The van der Waals surface area contributed by atoms with Crippen molar-refractivity contribution in [3.05, 3.63) is 77.6 Å². The molecule has 21 heavy (non-hydrogen) atoms. The molecule has 0 bridgehead atoms. The summed E-state index contributed by atoms with van der Waals surface area (Å²) in [6, 6.07) is 16.2. The van der Waals surface area contributed by atoms with Gasteiger partial charge in [-0.15, -0.1) is 0 Å². The van der Waals surface area contributed by atoms with Gasteiger partial charge in [-0.05, 0) is 30.3 Å². The van der Waals surface area contributed by atoms with Crippen molar-refractivity contribution in [2.75, 3.05) is 5.32 Å². The number of anilines is 1. The predicted molar refractivity (Wildman–Crippen MR) is 83.0 cm³/mol. The lowest BCUT2D eigenvalue weighted by Gasteiger charge is -2.11. The van der Waals surface area contributed by atoms with Gasteiger partial charge in [0.05, 0.1) is 22.0 Å². The smallest absolute Gasteiger partial charge is 0.257 e. The van der Waals surface area contributed by atoms with Gasteiger partial charge < -0.3 is 5.32 Å². The van der Waals surface area contributed by atoms with Crippen LogP contribution in [0.25, 0.3) is 5.69 Å². The SMILES string of the molecule is O=C(Nc1ccccc1-n1cccn1)c1ccccc1Cl. The Morgan fingerprint density at radius 2 is 1.81 bits per heavy atom. The van der Waals surface area contributed by atoms with Crippen LogP contribution < -0.4 is 5.32 Å². The second-order valence-corrected chi connectivity index (χ2v) is 4.81. The van der Waals surface area contributed by atoms with Crippen molar-refractivity contribution in [1.82, 2.24) is 9.78 Å². The van der Waals surface area contributed by atoms with Crippen molar-refractivity contribution in [2.24, 2.45) is 0 Å². The zero-order valence-electron chi connectivity index (χ0n) is 11.0. The lowest BCUT2D eigenvalue weighted by molar-refractivity contribution is 0.102. The Labute approximate surface area is 127 Å². The van der Waals surface area contributed by atoms with E-state index in [1.165, 1.54) is 0 Å². The summed E-state index contributed by atoms with van der Waals surface area (Å²) in [6.07, 6.45) is 3.51. The van der Waals surface area contributed by atoms with Crippen molar-refractivity contribution in [2.45, 2.75) is 0 Å². The van der Waals surface area contributed by atoms with Crippen molar-refractivity contribution in [3.8, 4) is 5.69 Å². The van der Waals surface area contributed by atoms with Crippen molar-refractivity contribution < 1.29 is 4.79 Å². The average molecular weight is 298 g/mol. The number of para-hydroxylation sites is 2. The maximum atomic E-state index is 12.3. The fourth-order valence-corrected chi connectivity index (χ4v) is 2.25. The Morgan fingerprint density at radius 3 is 2.57 bits per heavy atom. The number of nitrogens with one attached hydrogen (secondary N) is 1. The zero-order chi connectivity index (χ0) is 14.7. The molecule has 1 N–H and O–H groups in total. The molecular weight excluding hydrogens is 286 g/mol. The van der Waals surface area contributed by atoms with E-state index in [2.05, 4.69) is 10.4 Å². The van der Waals surface area contributed by atoms with Crippen molar-refractivity contribution >= 4 is 23.2 Å². The van der Waals surface area contributed by atoms with Crippen LogP contribution in [0.4, 0.5) is 5.69 Å². The third-order valence-electron chi connectivity index (χ3n) is 3.02.